The lowest BCUT2D eigenvalue weighted by atomic mass is 10.1. The summed E-state index contributed by atoms with van der Waals surface area (Å²) in [6.07, 6.45) is 4.25. The van der Waals surface area contributed by atoms with Crippen molar-refractivity contribution in [3.63, 3.8) is 0 Å². The highest BCUT2D eigenvalue weighted by Gasteiger charge is 2.16. The SMILES string of the molecule is CCC(CC)N(CCOC)Cc1cn(CCN)nn1. The monoisotopic (exact) mass is 269 g/mol. The zero-order valence-corrected chi connectivity index (χ0v) is 12.4. The van der Waals surface area contributed by atoms with Gasteiger partial charge >= 0.3 is 0 Å². The molecule has 0 saturated heterocycles. The van der Waals surface area contributed by atoms with Crippen molar-refractivity contribution >= 4 is 0 Å². The molecule has 0 atom stereocenters. The molecule has 0 bridgehead atoms. The zero-order valence-electron chi connectivity index (χ0n) is 12.4. The number of rotatable bonds is 10. The van der Waals surface area contributed by atoms with Crippen LogP contribution < -0.4 is 5.73 Å². The molecule has 1 heterocycles. The lowest BCUT2D eigenvalue weighted by molar-refractivity contribution is 0.109. The number of methoxy groups -OCH3 is 1. The van der Waals surface area contributed by atoms with Crippen molar-refractivity contribution < 1.29 is 4.74 Å². The highest BCUT2D eigenvalue weighted by atomic mass is 16.5. The Morgan fingerprint density at radius 3 is 2.74 bits per heavy atom. The van der Waals surface area contributed by atoms with Crippen LogP contribution in [0.3, 0.4) is 0 Å². The van der Waals surface area contributed by atoms with Gasteiger partial charge in [0.2, 0.25) is 0 Å². The first kappa shape index (κ1) is 16.1. The fourth-order valence-electron chi connectivity index (χ4n) is 2.26. The third-order valence-corrected chi connectivity index (χ3v) is 3.35. The molecular weight excluding hydrogens is 242 g/mol. The second kappa shape index (κ2) is 9.01. The molecule has 0 aliphatic rings. The van der Waals surface area contributed by atoms with E-state index in [0.29, 0.717) is 12.6 Å². The third-order valence-electron chi connectivity index (χ3n) is 3.35. The maximum atomic E-state index is 5.51. The zero-order chi connectivity index (χ0) is 14.1. The molecular formula is C13H27N5O. The third kappa shape index (κ3) is 5.26. The van der Waals surface area contributed by atoms with Gasteiger partial charge in [0.1, 0.15) is 0 Å². The molecule has 19 heavy (non-hydrogen) atoms. The normalized spacial score (nSPS) is 11.7. The molecule has 0 saturated carbocycles. The van der Waals surface area contributed by atoms with E-state index in [-0.39, 0.29) is 0 Å². The molecule has 1 aromatic rings. The first-order chi connectivity index (χ1) is 9.24. The van der Waals surface area contributed by atoms with Crippen LogP contribution in [0.5, 0.6) is 0 Å². The Hall–Kier alpha value is -0.980. The summed E-state index contributed by atoms with van der Waals surface area (Å²) >= 11 is 0. The molecule has 110 valence electrons. The molecule has 6 heteroatoms. The van der Waals surface area contributed by atoms with Crippen molar-refractivity contribution in [3.05, 3.63) is 11.9 Å². The van der Waals surface area contributed by atoms with Gasteiger partial charge in [0.25, 0.3) is 0 Å². The van der Waals surface area contributed by atoms with Gasteiger partial charge in [0.15, 0.2) is 0 Å². The number of hydrogen-bond acceptors (Lipinski definition) is 5. The summed E-state index contributed by atoms with van der Waals surface area (Å²) in [6, 6.07) is 0.565. The Morgan fingerprint density at radius 1 is 1.42 bits per heavy atom. The largest absolute Gasteiger partial charge is 0.383 e. The molecule has 1 aromatic heterocycles. The first-order valence-electron chi connectivity index (χ1n) is 7.07. The molecule has 0 aromatic carbocycles. The van der Waals surface area contributed by atoms with Gasteiger partial charge in [-0.1, -0.05) is 19.1 Å². The average molecular weight is 269 g/mol. The van der Waals surface area contributed by atoms with Crippen molar-refractivity contribution in [3.8, 4) is 0 Å². The molecule has 0 aliphatic carbocycles. The summed E-state index contributed by atoms with van der Waals surface area (Å²) in [4.78, 5) is 2.42. The number of nitrogens with zero attached hydrogens (tertiary/aromatic N) is 4. The van der Waals surface area contributed by atoms with E-state index in [9.17, 15) is 0 Å². The lowest BCUT2D eigenvalue weighted by Crippen LogP contribution is -2.36. The van der Waals surface area contributed by atoms with Crippen LogP contribution in [0.25, 0.3) is 0 Å². The number of aromatic nitrogens is 3. The Balaban J connectivity index is 2.63. The van der Waals surface area contributed by atoms with Gasteiger partial charge in [-0.05, 0) is 12.8 Å². The van der Waals surface area contributed by atoms with Crippen LogP contribution in [0.1, 0.15) is 32.4 Å². The molecule has 2 N–H and O–H groups in total. The van der Waals surface area contributed by atoms with Crippen LogP contribution in [0.4, 0.5) is 0 Å². The minimum absolute atomic E-state index is 0.565. The summed E-state index contributed by atoms with van der Waals surface area (Å²) in [5.74, 6) is 0. The van der Waals surface area contributed by atoms with Crippen molar-refractivity contribution in [2.24, 2.45) is 5.73 Å². The second-order valence-corrected chi connectivity index (χ2v) is 4.70. The fraction of sp³-hybridized carbons (Fsp3) is 0.846. The topological polar surface area (TPSA) is 69.2 Å². The molecule has 6 nitrogen and oxygen atoms in total. The number of hydrogen-bond donors (Lipinski definition) is 1. The van der Waals surface area contributed by atoms with Gasteiger partial charge < -0.3 is 10.5 Å². The van der Waals surface area contributed by atoms with Crippen molar-refractivity contribution in [1.82, 2.24) is 19.9 Å². The van der Waals surface area contributed by atoms with Crippen LogP contribution in [0.15, 0.2) is 6.20 Å². The Morgan fingerprint density at radius 2 is 2.16 bits per heavy atom. The van der Waals surface area contributed by atoms with Crippen molar-refractivity contribution in [1.29, 1.82) is 0 Å². The Bertz CT molecular complexity index is 338. The van der Waals surface area contributed by atoms with E-state index in [1.165, 1.54) is 0 Å². The van der Waals surface area contributed by atoms with Crippen LogP contribution in [0, 0.1) is 0 Å². The van der Waals surface area contributed by atoms with E-state index >= 15 is 0 Å². The Labute approximate surface area is 115 Å². The van der Waals surface area contributed by atoms with E-state index in [1.54, 1.807) is 11.8 Å². The summed E-state index contributed by atoms with van der Waals surface area (Å²) in [6.45, 7) is 8.23. The van der Waals surface area contributed by atoms with Crippen LogP contribution in [-0.4, -0.2) is 52.7 Å². The van der Waals surface area contributed by atoms with Gasteiger partial charge in [-0.25, -0.2) is 0 Å². The maximum Gasteiger partial charge on any atom is 0.0967 e. The minimum atomic E-state index is 0.565. The Kier molecular flexibility index (Phi) is 7.62. The van der Waals surface area contributed by atoms with Gasteiger partial charge in [-0.2, -0.15) is 0 Å². The molecule has 0 fully saturated rings. The molecule has 0 amide bonds. The summed E-state index contributed by atoms with van der Waals surface area (Å²) in [5, 5.41) is 8.29. The summed E-state index contributed by atoms with van der Waals surface area (Å²) in [7, 11) is 1.74. The van der Waals surface area contributed by atoms with Gasteiger partial charge in [-0.3, -0.25) is 9.58 Å². The van der Waals surface area contributed by atoms with Crippen LogP contribution in [0.2, 0.25) is 0 Å². The predicted octanol–water partition coefficient (Wildman–Crippen LogP) is 0.874. The van der Waals surface area contributed by atoms with E-state index in [4.69, 9.17) is 10.5 Å². The molecule has 0 radical (unpaired) electrons. The molecule has 0 aliphatic heterocycles. The van der Waals surface area contributed by atoms with Crippen molar-refractivity contribution in [2.45, 2.75) is 45.8 Å². The minimum Gasteiger partial charge on any atom is -0.383 e. The van der Waals surface area contributed by atoms with E-state index in [1.807, 2.05) is 6.20 Å². The van der Waals surface area contributed by atoms with Crippen molar-refractivity contribution in [2.75, 3.05) is 26.8 Å². The average Bonchev–Trinajstić information content (AvgIpc) is 2.85. The van der Waals surface area contributed by atoms with E-state index in [2.05, 4.69) is 29.1 Å². The van der Waals surface area contributed by atoms with E-state index < -0.39 is 0 Å². The molecule has 1 rings (SSSR count). The predicted molar refractivity (Wildman–Crippen MR) is 75.7 cm³/mol. The highest BCUT2D eigenvalue weighted by molar-refractivity contribution is 4.93. The van der Waals surface area contributed by atoms with E-state index in [0.717, 1.165) is 44.8 Å². The second-order valence-electron chi connectivity index (χ2n) is 4.70. The van der Waals surface area contributed by atoms with Crippen LogP contribution in [-0.2, 0) is 17.8 Å². The molecule has 0 spiro atoms. The number of ether oxygens (including phenoxy) is 1. The standard InChI is InChI=1S/C13H27N5O/c1-4-13(5-2)17(8-9-19-3)10-12-11-18(7-6-14)16-15-12/h11,13H,4-10,14H2,1-3H3. The number of nitrogens with two attached hydrogens (primary N) is 1. The van der Waals surface area contributed by atoms with Gasteiger partial charge in [0.05, 0.1) is 18.8 Å². The van der Waals surface area contributed by atoms with Gasteiger partial charge in [-0.15, -0.1) is 5.10 Å². The smallest absolute Gasteiger partial charge is 0.0967 e. The summed E-state index contributed by atoms with van der Waals surface area (Å²) in [5.41, 5.74) is 6.51. The van der Waals surface area contributed by atoms with Crippen LogP contribution >= 0.6 is 0 Å². The maximum absolute atomic E-state index is 5.51. The van der Waals surface area contributed by atoms with Gasteiger partial charge in [0, 0.05) is 39.0 Å². The fourth-order valence-corrected chi connectivity index (χ4v) is 2.26. The quantitative estimate of drug-likeness (QED) is 0.682. The highest BCUT2D eigenvalue weighted by Crippen LogP contribution is 2.12. The molecule has 0 unspecified atom stereocenters. The summed E-state index contributed by atoms with van der Waals surface area (Å²) < 4.78 is 7.00. The first-order valence-corrected chi connectivity index (χ1v) is 7.07. The lowest BCUT2D eigenvalue weighted by Gasteiger charge is -2.29.